The zero-order valence-electron chi connectivity index (χ0n) is 20.6. The molecule has 9 heteroatoms. The van der Waals surface area contributed by atoms with Gasteiger partial charge in [0, 0.05) is 25.0 Å². The van der Waals surface area contributed by atoms with Gasteiger partial charge in [0.1, 0.15) is 6.61 Å². The molecule has 0 saturated carbocycles. The molecule has 0 aromatic heterocycles. The summed E-state index contributed by atoms with van der Waals surface area (Å²) >= 11 is 0. The monoisotopic (exact) mass is 520 g/mol. The molecule has 8 nitrogen and oxygen atoms in total. The summed E-state index contributed by atoms with van der Waals surface area (Å²) < 4.78 is 47.4. The van der Waals surface area contributed by atoms with Crippen molar-refractivity contribution in [2.24, 2.45) is 0 Å². The number of sulfonamides is 1. The lowest BCUT2D eigenvalue weighted by Gasteiger charge is -2.25. The summed E-state index contributed by atoms with van der Waals surface area (Å²) in [7, 11) is -3.90. The van der Waals surface area contributed by atoms with Crippen LogP contribution in [0.2, 0.25) is 0 Å². The summed E-state index contributed by atoms with van der Waals surface area (Å²) in [4.78, 5) is 12.8. The van der Waals surface area contributed by atoms with E-state index in [-0.39, 0.29) is 30.5 Å². The average molecular weight is 521 g/mol. The molecule has 5 rings (SSSR count). The first-order chi connectivity index (χ1) is 17.7. The van der Waals surface area contributed by atoms with Crippen molar-refractivity contribution in [2.45, 2.75) is 30.1 Å². The molecule has 1 fully saturated rings. The average Bonchev–Trinajstić information content (AvgIpc) is 3.37. The minimum atomic E-state index is -3.90. The number of hydrogen-bond donors (Lipinski definition) is 2. The van der Waals surface area contributed by atoms with E-state index >= 15 is 0 Å². The Morgan fingerprint density at radius 2 is 1.57 bits per heavy atom. The number of ether oxygens (including phenoxy) is 3. The summed E-state index contributed by atoms with van der Waals surface area (Å²) in [6.07, 6.45) is 0. The zero-order valence-corrected chi connectivity index (χ0v) is 21.4. The number of nitrogens with one attached hydrogen (secondary N) is 2. The standard InChI is InChI=1S/C28H28N2O6S/c1-27(2)35-25-23(34-19-28(25,36-27)18-29-26(31)21-13-7-4-8-14-21)17-30-37(32,33)24-16-10-9-15-22(24)20-11-5-3-6-12-20/h3-16,30H,17-19H2,1-2H3,(H,29,31)/t28-/m0/s1. The Balaban J connectivity index is 1.36. The first-order valence-electron chi connectivity index (χ1n) is 11.9. The van der Waals surface area contributed by atoms with Gasteiger partial charge >= 0.3 is 0 Å². The Labute approximate surface area is 216 Å². The maximum Gasteiger partial charge on any atom is 0.251 e. The van der Waals surface area contributed by atoms with Crippen molar-refractivity contribution in [3.8, 4) is 11.1 Å². The van der Waals surface area contributed by atoms with Crippen LogP contribution < -0.4 is 10.0 Å². The molecular formula is C28H28N2O6S. The fourth-order valence-electron chi connectivity index (χ4n) is 4.56. The molecule has 1 amide bonds. The lowest BCUT2D eigenvalue weighted by molar-refractivity contribution is -0.170. The fourth-order valence-corrected chi connectivity index (χ4v) is 5.77. The van der Waals surface area contributed by atoms with Crippen LogP contribution in [0.3, 0.4) is 0 Å². The third-order valence-corrected chi connectivity index (χ3v) is 7.65. The minimum Gasteiger partial charge on any atom is -0.489 e. The molecule has 0 aliphatic carbocycles. The quantitative estimate of drug-likeness (QED) is 0.468. The molecule has 2 N–H and O–H groups in total. The highest BCUT2D eigenvalue weighted by molar-refractivity contribution is 7.89. The Morgan fingerprint density at radius 3 is 2.30 bits per heavy atom. The minimum absolute atomic E-state index is 0.0818. The van der Waals surface area contributed by atoms with E-state index in [0.29, 0.717) is 22.6 Å². The van der Waals surface area contributed by atoms with Crippen molar-refractivity contribution in [2.75, 3.05) is 19.7 Å². The van der Waals surface area contributed by atoms with Crippen molar-refractivity contribution in [3.63, 3.8) is 0 Å². The zero-order chi connectivity index (χ0) is 26.1. The fraction of sp³-hybridized carbons (Fsp3) is 0.250. The van der Waals surface area contributed by atoms with E-state index in [1.165, 1.54) is 0 Å². The predicted molar refractivity (Wildman–Crippen MR) is 138 cm³/mol. The SMILES string of the molecule is CC1(C)OC2=C(CNS(=O)(=O)c3ccccc3-c3ccccc3)OC[C@]2(CNC(=O)c2ccccc2)O1. The second kappa shape index (κ2) is 9.66. The third kappa shape index (κ3) is 5.11. The van der Waals surface area contributed by atoms with Gasteiger partial charge in [-0.05, 0) is 23.8 Å². The van der Waals surface area contributed by atoms with E-state index in [1.807, 2.05) is 36.4 Å². The van der Waals surface area contributed by atoms with E-state index < -0.39 is 21.4 Å². The van der Waals surface area contributed by atoms with Gasteiger partial charge in [-0.3, -0.25) is 4.79 Å². The normalized spacial score (nSPS) is 20.2. The molecule has 37 heavy (non-hydrogen) atoms. The van der Waals surface area contributed by atoms with Gasteiger partial charge in [0.25, 0.3) is 5.91 Å². The molecule has 0 radical (unpaired) electrons. The van der Waals surface area contributed by atoms with Gasteiger partial charge in [0.2, 0.25) is 15.8 Å². The van der Waals surface area contributed by atoms with Crippen molar-refractivity contribution in [1.29, 1.82) is 0 Å². The second-order valence-corrected chi connectivity index (χ2v) is 11.1. The van der Waals surface area contributed by atoms with E-state index in [9.17, 15) is 13.2 Å². The number of carbonyl (C=O) groups excluding carboxylic acids is 1. The molecule has 2 heterocycles. The largest absolute Gasteiger partial charge is 0.489 e. The van der Waals surface area contributed by atoms with Gasteiger partial charge in [-0.1, -0.05) is 66.7 Å². The van der Waals surface area contributed by atoms with Crippen LogP contribution in [0.15, 0.2) is 101 Å². The van der Waals surface area contributed by atoms with Crippen LogP contribution in [0, 0.1) is 0 Å². The van der Waals surface area contributed by atoms with Gasteiger partial charge in [-0.25, -0.2) is 13.1 Å². The molecule has 2 aliphatic heterocycles. The first-order valence-corrected chi connectivity index (χ1v) is 13.4. The maximum atomic E-state index is 13.3. The molecule has 1 atom stereocenters. The highest BCUT2D eigenvalue weighted by Crippen LogP contribution is 2.45. The van der Waals surface area contributed by atoms with Gasteiger partial charge in [-0.2, -0.15) is 0 Å². The lowest BCUT2D eigenvalue weighted by atomic mass is 10.0. The van der Waals surface area contributed by atoms with Crippen molar-refractivity contribution in [3.05, 3.63) is 102 Å². The summed E-state index contributed by atoms with van der Waals surface area (Å²) in [6.45, 7) is 3.58. The summed E-state index contributed by atoms with van der Waals surface area (Å²) in [6, 6.07) is 25.0. The summed E-state index contributed by atoms with van der Waals surface area (Å²) in [5.74, 6) is -0.528. The lowest BCUT2D eigenvalue weighted by Crippen LogP contribution is -2.46. The Hall–Kier alpha value is -3.66. The molecule has 0 spiro atoms. The second-order valence-electron chi connectivity index (χ2n) is 9.37. The topological polar surface area (TPSA) is 103 Å². The van der Waals surface area contributed by atoms with Crippen molar-refractivity contribution >= 4 is 15.9 Å². The van der Waals surface area contributed by atoms with Crippen LogP contribution >= 0.6 is 0 Å². The number of rotatable bonds is 8. The van der Waals surface area contributed by atoms with Gasteiger partial charge in [0.15, 0.2) is 17.1 Å². The number of carbonyl (C=O) groups is 1. The molecular weight excluding hydrogens is 492 g/mol. The Kier molecular flexibility index (Phi) is 6.53. The highest BCUT2D eigenvalue weighted by Gasteiger charge is 2.56. The number of benzene rings is 3. The summed E-state index contributed by atoms with van der Waals surface area (Å²) in [5, 5.41) is 2.89. The van der Waals surface area contributed by atoms with Crippen molar-refractivity contribution in [1.82, 2.24) is 10.0 Å². The molecule has 1 saturated heterocycles. The molecule has 192 valence electrons. The van der Waals surface area contributed by atoms with Crippen LogP contribution in [0.4, 0.5) is 0 Å². The van der Waals surface area contributed by atoms with Crippen LogP contribution in [-0.2, 0) is 24.2 Å². The van der Waals surface area contributed by atoms with Crippen LogP contribution in [0.25, 0.3) is 11.1 Å². The van der Waals surface area contributed by atoms with E-state index in [1.54, 1.807) is 62.4 Å². The number of amides is 1. The van der Waals surface area contributed by atoms with Crippen LogP contribution in [0.5, 0.6) is 0 Å². The Bertz CT molecular complexity index is 1440. The van der Waals surface area contributed by atoms with Gasteiger partial charge in [0.05, 0.1) is 18.0 Å². The molecule has 0 unspecified atom stereocenters. The maximum absolute atomic E-state index is 13.3. The third-order valence-electron chi connectivity index (χ3n) is 6.19. The summed E-state index contributed by atoms with van der Waals surface area (Å²) in [5.41, 5.74) is 0.855. The molecule has 3 aromatic carbocycles. The van der Waals surface area contributed by atoms with Crippen molar-refractivity contribution < 1.29 is 27.4 Å². The molecule has 2 aliphatic rings. The smallest absolute Gasteiger partial charge is 0.251 e. The predicted octanol–water partition coefficient (Wildman–Crippen LogP) is 3.83. The Morgan fingerprint density at radius 1 is 0.919 bits per heavy atom. The van der Waals surface area contributed by atoms with Gasteiger partial charge in [-0.15, -0.1) is 0 Å². The van der Waals surface area contributed by atoms with Gasteiger partial charge < -0.3 is 19.5 Å². The first kappa shape index (κ1) is 25.0. The van der Waals surface area contributed by atoms with E-state index in [0.717, 1.165) is 5.56 Å². The highest BCUT2D eigenvalue weighted by atomic mass is 32.2. The van der Waals surface area contributed by atoms with E-state index in [4.69, 9.17) is 14.2 Å². The number of fused-ring (bicyclic) bond motifs is 1. The van der Waals surface area contributed by atoms with Crippen LogP contribution in [-0.4, -0.2) is 45.4 Å². The molecule has 3 aromatic rings. The van der Waals surface area contributed by atoms with Crippen LogP contribution in [0.1, 0.15) is 24.2 Å². The number of hydrogen-bond acceptors (Lipinski definition) is 6. The molecule has 0 bridgehead atoms. The van der Waals surface area contributed by atoms with E-state index in [2.05, 4.69) is 10.0 Å².